The van der Waals surface area contributed by atoms with Crippen LogP contribution in [0, 0.1) is 0 Å². The fraction of sp³-hybridized carbons (Fsp3) is 0.400. The van der Waals surface area contributed by atoms with Gasteiger partial charge in [-0.15, -0.1) is 0 Å². The monoisotopic (exact) mass is 179 g/mol. The lowest BCUT2D eigenvalue weighted by molar-refractivity contribution is -0.136. The summed E-state index contributed by atoms with van der Waals surface area (Å²) in [5, 5.41) is 8.48. The Bertz CT molecular complexity index is 297. The Morgan fingerprint density at radius 3 is 2.77 bits per heavy atom. The first-order valence-electron chi connectivity index (χ1n) is 4.37. The molecule has 0 amide bonds. The zero-order valence-corrected chi connectivity index (χ0v) is 7.66. The zero-order valence-electron chi connectivity index (χ0n) is 7.66. The van der Waals surface area contributed by atoms with Crippen molar-refractivity contribution < 1.29 is 9.90 Å². The van der Waals surface area contributed by atoms with Crippen molar-refractivity contribution in [2.75, 3.05) is 0 Å². The standard InChI is InChI=1S/C10H13NO2/c1-2-8-5-9(7-11-6-8)3-4-10(12)13/h5-7H,2-4H2,1H3,(H,12,13). The summed E-state index contributed by atoms with van der Waals surface area (Å²) in [4.78, 5) is 14.3. The van der Waals surface area contributed by atoms with E-state index in [2.05, 4.69) is 11.9 Å². The van der Waals surface area contributed by atoms with Crippen molar-refractivity contribution in [3.63, 3.8) is 0 Å². The van der Waals surface area contributed by atoms with Crippen molar-refractivity contribution >= 4 is 5.97 Å². The van der Waals surface area contributed by atoms with Gasteiger partial charge in [0.2, 0.25) is 0 Å². The van der Waals surface area contributed by atoms with Crippen molar-refractivity contribution in [3.8, 4) is 0 Å². The highest BCUT2D eigenvalue weighted by Crippen LogP contribution is 2.05. The molecule has 70 valence electrons. The maximum Gasteiger partial charge on any atom is 0.303 e. The summed E-state index contributed by atoms with van der Waals surface area (Å²) < 4.78 is 0. The molecule has 13 heavy (non-hydrogen) atoms. The molecule has 1 rings (SSSR count). The first-order chi connectivity index (χ1) is 6.22. The van der Waals surface area contributed by atoms with Crippen molar-refractivity contribution in [2.45, 2.75) is 26.2 Å². The van der Waals surface area contributed by atoms with Crippen molar-refractivity contribution in [3.05, 3.63) is 29.6 Å². The normalized spacial score (nSPS) is 9.92. The molecule has 1 aromatic rings. The molecule has 0 aliphatic heterocycles. The summed E-state index contributed by atoms with van der Waals surface area (Å²) >= 11 is 0. The van der Waals surface area contributed by atoms with Gasteiger partial charge in [-0.3, -0.25) is 9.78 Å². The van der Waals surface area contributed by atoms with Crippen LogP contribution in [0.3, 0.4) is 0 Å². The van der Waals surface area contributed by atoms with Gasteiger partial charge in [-0.2, -0.15) is 0 Å². The first-order valence-corrected chi connectivity index (χ1v) is 4.37. The number of carbonyl (C=O) groups is 1. The zero-order chi connectivity index (χ0) is 9.68. The second kappa shape index (κ2) is 4.60. The number of nitrogens with zero attached hydrogens (tertiary/aromatic N) is 1. The van der Waals surface area contributed by atoms with E-state index in [0.29, 0.717) is 6.42 Å². The van der Waals surface area contributed by atoms with Gasteiger partial charge in [0, 0.05) is 18.8 Å². The van der Waals surface area contributed by atoms with Crippen LogP contribution in [0.15, 0.2) is 18.5 Å². The predicted molar refractivity (Wildman–Crippen MR) is 49.6 cm³/mol. The molecule has 0 aromatic carbocycles. The number of aliphatic carboxylic acids is 1. The average Bonchev–Trinajstić information content (AvgIpc) is 2.15. The minimum atomic E-state index is -0.762. The molecule has 3 heteroatoms. The summed E-state index contributed by atoms with van der Waals surface area (Å²) in [6.45, 7) is 2.05. The molecule has 0 spiro atoms. The van der Waals surface area contributed by atoms with E-state index >= 15 is 0 Å². The second-order valence-corrected chi connectivity index (χ2v) is 2.95. The Morgan fingerprint density at radius 2 is 2.15 bits per heavy atom. The van der Waals surface area contributed by atoms with Crippen LogP contribution in [0.5, 0.6) is 0 Å². The van der Waals surface area contributed by atoms with E-state index in [-0.39, 0.29) is 6.42 Å². The van der Waals surface area contributed by atoms with Crippen molar-refractivity contribution in [1.82, 2.24) is 4.98 Å². The lowest BCUT2D eigenvalue weighted by Gasteiger charge is -2.00. The van der Waals surface area contributed by atoms with E-state index in [1.807, 2.05) is 12.3 Å². The van der Waals surface area contributed by atoms with Gasteiger partial charge in [-0.25, -0.2) is 0 Å². The molecule has 0 bridgehead atoms. The van der Waals surface area contributed by atoms with Gasteiger partial charge in [0.25, 0.3) is 0 Å². The van der Waals surface area contributed by atoms with Crippen molar-refractivity contribution in [2.24, 2.45) is 0 Å². The Morgan fingerprint density at radius 1 is 1.46 bits per heavy atom. The van der Waals surface area contributed by atoms with E-state index < -0.39 is 5.97 Å². The van der Waals surface area contributed by atoms with Gasteiger partial charge < -0.3 is 5.11 Å². The topological polar surface area (TPSA) is 50.2 Å². The van der Waals surface area contributed by atoms with Crippen LogP contribution in [-0.2, 0) is 17.6 Å². The molecular weight excluding hydrogens is 166 g/mol. The number of hydrogen-bond acceptors (Lipinski definition) is 2. The van der Waals surface area contributed by atoms with Gasteiger partial charge in [0.1, 0.15) is 0 Å². The second-order valence-electron chi connectivity index (χ2n) is 2.95. The fourth-order valence-corrected chi connectivity index (χ4v) is 1.12. The number of rotatable bonds is 4. The van der Waals surface area contributed by atoms with Gasteiger partial charge in [-0.1, -0.05) is 13.0 Å². The van der Waals surface area contributed by atoms with Crippen molar-refractivity contribution in [1.29, 1.82) is 0 Å². The number of carboxylic acid groups (broad SMARTS) is 1. The summed E-state index contributed by atoms with van der Waals surface area (Å²) in [5.41, 5.74) is 2.16. The van der Waals surface area contributed by atoms with Crippen LogP contribution in [-0.4, -0.2) is 16.1 Å². The number of aromatic nitrogens is 1. The van der Waals surface area contributed by atoms with E-state index in [4.69, 9.17) is 5.11 Å². The highest BCUT2D eigenvalue weighted by atomic mass is 16.4. The fourth-order valence-electron chi connectivity index (χ4n) is 1.12. The summed E-state index contributed by atoms with van der Waals surface area (Å²) in [6.07, 6.45) is 5.21. The van der Waals surface area contributed by atoms with E-state index in [0.717, 1.165) is 17.5 Å². The summed E-state index contributed by atoms with van der Waals surface area (Å²) in [7, 11) is 0. The molecule has 1 N–H and O–H groups in total. The molecule has 3 nitrogen and oxygen atoms in total. The number of pyridine rings is 1. The van der Waals surface area contributed by atoms with Gasteiger partial charge >= 0.3 is 5.97 Å². The third-order valence-corrected chi connectivity index (χ3v) is 1.89. The Hall–Kier alpha value is -1.38. The molecular formula is C10H13NO2. The average molecular weight is 179 g/mol. The predicted octanol–water partition coefficient (Wildman–Crippen LogP) is 1.66. The van der Waals surface area contributed by atoms with Crippen LogP contribution in [0.1, 0.15) is 24.5 Å². The van der Waals surface area contributed by atoms with Crippen LogP contribution < -0.4 is 0 Å². The van der Waals surface area contributed by atoms with Gasteiger partial charge in [0.05, 0.1) is 0 Å². The molecule has 0 fully saturated rings. The lowest BCUT2D eigenvalue weighted by Crippen LogP contribution is -1.98. The molecule has 0 unspecified atom stereocenters. The quantitative estimate of drug-likeness (QED) is 0.764. The van der Waals surface area contributed by atoms with Crippen LogP contribution in [0.2, 0.25) is 0 Å². The third-order valence-electron chi connectivity index (χ3n) is 1.89. The minimum absolute atomic E-state index is 0.175. The van der Waals surface area contributed by atoms with Gasteiger partial charge in [0.15, 0.2) is 0 Å². The van der Waals surface area contributed by atoms with Crippen LogP contribution >= 0.6 is 0 Å². The van der Waals surface area contributed by atoms with E-state index in [1.165, 1.54) is 0 Å². The molecule has 1 heterocycles. The third kappa shape index (κ3) is 3.23. The molecule has 0 radical (unpaired) electrons. The first kappa shape index (κ1) is 9.71. The molecule has 0 atom stereocenters. The Kier molecular flexibility index (Phi) is 3.43. The number of hydrogen-bond donors (Lipinski definition) is 1. The maximum absolute atomic E-state index is 10.3. The molecule has 0 saturated heterocycles. The number of aryl methyl sites for hydroxylation is 2. The molecule has 0 saturated carbocycles. The van der Waals surface area contributed by atoms with E-state index in [1.54, 1.807) is 6.20 Å². The summed E-state index contributed by atoms with van der Waals surface area (Å²) in [5.74, 6) is -0.762. The highest BCUT2D eigenvalue weighted by Gasteiger charge is 1.99. The molecule has 0 aliphatic carbocycles. The lowest BCUT2D eigenvalue weighted by atomic mass is 10.1. The molecule has 0 aliphatic rings. The van der Waals surface area contributed by atoms with Gasteiger partial charge in [-0.05, 0) is 24.0 Å². The highest BCUT2D eigenvalue weighted by molar-refractivity contribution is 5.67. The van der Waals surface area contributed by atoms with Crippen LogP contribution in [0.25, 0.3) is 0 Å². The number of carboxylic acids is 1. The van der Waals surface area contributed by atoms with E-state index in [9.17, 15) is 4.79 Å². The van der Waals surface area contributed by atoms with Crippen LogP contribution in [0.4, 0.5) is 0 Å². The Balaban J connectivity index is 2.61. The summed E-state index contributed by atoms with van der Waals surface area (Å²) in [6, 6.07) is 2.01. The minimum Gasteiger partial charge on any atom is -0.481 e. The Labute approximate surface area is 77.4 Å². The molecule has 1 aromatic heterocycles. The largest absolute Gasteiger partial charge is 0.481 e. The SMILES string of the molecule is CCc1cncc(CCC(=O)O)c1. The smallest absolute Gasteiger partial charge is 0.303 e. The maximum atomic E-state index is 10.3.